The third-order valence-corrected chi connectivity index (χ3v) is 4.34. The van der Waals surface area contributed by atoms with Crippen LogP contribution in [0.15, 0.2) is 42.7 Å². The number of carbonyl (C=O) groups excluding carboxylic acids is 3. The minimum atomic E-state index is -1.25. The van der Waals surface area contributed by atoms with E-state index >= 15 is 0 Å². The van der Waals surface area contributed by atoms with E-state index in [4.69, 9.17) is 11.0 Å². The Morgan fingerprint density at radius 1 is 1.38 bits per heavy atom. The maximum absolute atomic E-state index is 12.5. The Morgan fingerprint density at radius 3 is 2.81 bits per heavy atom. The first kappa shape index (κ1) is 17.2. The molecule has 1 aliphatic heterocycles. The van der Waals surface area contributed by atoms with Gasteiger partial charge in [-0.1, -0.05) is 24.8 Å². The van der Waals surface area contributed by atoms with Crippen molar-refractivity contribution in [1.29, 1.82) is 5.26 Å². The summed E-state index contributed by atoms with van der Waals surface area (Å²) >= 11 is 0. The summed E-state index contributed by atoms with van der Waals surface area (Å²) < 4.78 is 0. The second-order valence-corrected chi connectivity index (χ2v) is 6.09. The second kappa shape index (κ2) is 6.72. The van der Waals surface area contributed by atoms with Crippen LogP contribution in [0.2, 0.25) is 0 Å². The molecule has 0 spiro atoms. The molecule has 2 aromatic rings. The minimum Gasteiger partial charge on any atom is -0.401 e. The van der Waals surface area contributed by atoms with E-state index in [0.717, 1.165) is 21.4 Å². The van der Waals surface area contributed by atoms with Crippen LogP contribution in [-0.4, -0.2) is 40.2 Å². The number of Topliss-reactive ketones (excluding diaryl/α,β-unsaturated/α-hetero) is 1. The molecule has 132 valence electrons. The Labute approximate surface area is 149 Å². The predicted octanol–water partition coefficient (Wildman–Crippen LogP) is 0.812. The van der Waals surface area contributed by atoms with Crippen molar-refractivity contribution in [1.82, 2.24) is 15.2 Å². The molecule has 0 saturated carbocycles. The highest BCUT2D eigenvalue weighted by Crippen LogP contribution is 2.21. The van der Waals surface area contributed by atoms with Gasteiger partial charge < -0.3 is 16.0 Å². The molecule has 0 radical (unpaired) electrons. The molecule has 8 nitrogen and oxygen atoms in total. The molecule has 2 heterocycles. The highest BCUT2D eigenvalue weighted by Gasteiger charge is 2.40. The number of rotatable bonds is 6. The minimum absolute atomic E-state index is 0.111. The number of nitrogens with two attached hydrogens (primary N) is 1. The first-order valence-electron chi connectivity index (χ1n) is 7.96. The molecule has 3 rings (SSSR count). The lowest BCUT2D eigenvalue weighted by Gasteiger charge is -2.14. The van der Waals surface area contributed by atoms with Gasteiger partial charge in [-0.2, -0.15) is 5.26 Å². The number of imide groups is 1. The van der Waals surface area contributed by atoms with Gasteiger partial charge in [-0.3, -0.25) is 14.5 Å². The number of ketones is 1. The van der Waals surface area contributed by atoms with Gasteiger partial charge in [0.1, 0.15) is 12.0 Å². The summed E-state index contributed by atoms with van der Waals surface area (Å²) in [6, 6.07) is 7.93. The smallest absolute Gasteiger partial charge is 0.325 e. The van der Waals surface area contributed by atoms with E-state index in [9.17, 15) is 14.4 Å². The lowest BCUT2D eigenvalue weighted by Crippen LogP contribution is -2.39. The van der Waals surface area contributed by atoms with Gasteiger partial charge >= 0.3 is 6.03 Å². The lowest BCUT2D eigenvalue weighted by atomic mass is 10.0. The zero-order chi connectivity index (χ0) is 18.8. The molecule has 1 fully saturated rings. The molecule has 1 aliphatic rings. The van der Waals surface area contributed by atoms with Crippen molar-refractivity contribution in [3.63, 3.8) is 0 Å². The number of carbonyl (C=O) groups is 3. The van der Waals surface area contributed by atoms with Gasteiger partial charge in [0.15, 0.2) is 5.78 Å². The Hall–Kier alpha value is -3.60. The van der Waals surface area contributed by atoms with E-state index in [0.29, 0.717) is 6.42 Å². The summed E-state index contributed by atoms with van der Waals surface area (Å²) in [6.07, 6.45) is 2.09. The summed E-state index contributed by atoms with van der Waals surface area (Å²) in [5.74, 6) is -2.40. The largest absolute Gasteiger partial charge is 0.401 e. The van der Waals surface area contributed by atoms with Crippen LogP contribution >= 0.6 is 0 Å². The monoisotopic (exact) mass is 351 g/mol. The first-order valence-corrected chi connectivity index (χ1v) is 7.96. The quantitative estimate of drug-likeness (QED) is 0.663. The maximum Gasteiger partial charge on any atom is 0.325 e. The van der Waals surface area contributed by atoms with Crippen molar-refractivity contribution in [2.24, 2.45) is 11.7 Å². The molecule has 1 aromatic heterocycles. The molecule has 26 heavy (non-hydrogen) atoms. The number of nitrogens with one attached hydrogen (secondary N) is 2. The fourth-order valence-corrected chi connectivity index (χ4v) is 2.99. The van der Waals surface area contributed by atoms with Crippen LogP contribution in [0, 0.1) is 17.2 Å². The maximum atomic E-state index is 12.5. The predicted molar refractivity (Wildman–Crippen MR) is 93.5 cm³/mol. The highest BCUT2D eigenvalue weighted by molar-refractivity contribution is 6.07. The molecule has 0 bridgehead atoms. The van der Waals surface area contributed by atoms with Crippen LogP contribution in [0.25, 0.3) is 10.9 Å². The van der Waals surface area contributed by atoms with Crippen LogP contribution in [0.3, 0.4) is 0 Å². The van der Waals surface area contributed by atoms with Gasteiger partial charge in [0.25, 0.3) is 5.91 Å². The van der Waals surface area contributed by atoms with Crippen molar-refractivity contribution < 1.29 is 14.4 Å². The number of aromatic nitrogens is 1. The Balaban J connectivity index is 1.74. The number of hydrogen-bond acceptors (Lipinski definition) is 5. The number of nitriles is 1. The lowest BCUT2D eigenvalue weighted by molar-refractivity contribution is -0.131. The van der Waals surface area contributed by atoms with Gasteiger partial charge in [-0.05, 0) is 11.6 Å². The van der Waals surface area contributed by atoms with E-state index in [1.165, 1.54) is 0 Å². The van der Waals surface area contributed by atoms with Crippen molar-refractivity contribution in [2.45, 2.75) is 12.5 Å². The highest BCUT2D eigenvalue weighted by atomic mass is 16.2. The summed E-state index contributed by atoms with van der Waals surface area (Å²) in [4.78, 5) is 40.7. The second-order valence-electron chi connectivity index (χ2n) is 6.09. The van der Waals surface area contributed by atoms with E-state index in [1.54, 1.807) is 12.3 Å². The third kappa shape index (κ3) is 3.02. The van der Waals surface area contributed by atoms with Crippen LogP contribution in [-0.2, 0) is 16.0 Å². The first-order chi connectivity index (χ1) is 12.4. The number of nitrogens with zero attached hydrogens (tertiary/aromatic N) is 2. The van der Waals surface area contributed by atoms with Gasteiger partial charge in [0.2, 0.25) is 0 Å². The number of urea groups is 1. The van der Waals surface area contributed by atoms with Crippen LogP contribution in [0.1, 0.15) is 5.56 Å². The summed E-state index contributed by atoms with van der Waals surface area (Å²) in [5.41, 5.74) is 7.13. The van der Waals surface area contributed by atoms with Crippen LogP contribution in [0.5, 0.6) is 0 Å². The zero-order valence-electron chi connectivity index (χ0n) is 13.9. The van der Waals surface area contributed by atoms with Gasteiger partial charge in [-0.25, -0.2) is 4.79 Å². The number of para-hydroxylation sites is 1. The Morgan fingerprint density at radius 2 is 2.12 bits per heavy atom. The number of benzene rings is 1. The number of H-pyrrole nitrogens is 1. The molecule has 1 saturated heterocycles. The molecule has 3 amide bonds. The van der Waals surface area contributed by atoms with Crippen molar-refractivity contribution >= 4 is 28.6 Å². The fraction of sp³-hybridized carbons (Fsp3) is 0.222. The van der Waals surface area contributed by atoms with E-state index in [1.807, 2.05) is 24.3 Å². The third-order valence-electron chi connectivity index (χ3n) is 4.34. The number of aromatic amines is 1. The van der Waals surface area contributed by atoms with Crippen molar-refractivity contribution in [3.8, 4) is 6.07 Å². The molecule has 0 aliphatic carbocycles. The normalized spacial score (nSPS) is 17.8. The summed E-state index contributed by atoms with van der Waals surface area (Å²) in [5, 5.41) is 12.5. The standard InChI is InChI=1S/C18H17N5O3/c1-10(20)13(7-19)16(24)9-23-17(25)15(22-18(23)26)6-11-8-21-14-5-3-2-4-12(11)14/h2-5,8,13,15,21H,1,6,9,20H2,(H,22,26). The summed E-state index contributed by atoms with van der Waals surface area (Å²) in [6.45, 7) is 2.87. The van der Waals surface area contributed by atoms with Gasteiger partial charge in [0.05, 0.1) is 12.6 Å². The van der Waals surface area contributed by atoms with Crippen molar-refractivity contribution in [2.75, 3.05) is 6.54 Å². The fourth-order valence-electron chi connectivity index (χ4n) is 2.99. The molecule has 4 N–H and O–H groups in total. The Bertz CT molecular complexity index is 955. The van der Waals surface area contributed by atoms with Crippen LogP contribution < -0.4 is 11.1 Å². The Kier molecular flexibility index (Phi) is 4.45. The SMILES string of the molecule is C=C(N)C(C#N)C(=O)CN1C(=O)NC(Cc2c[nH]c3ccccc23)C1=O. The van der Waals surface area contributed by atoms with E-state index in [-0.39, 0.29) is 5.70 Å². The van der Waals surface area contributed by atoms with Gasteiger partial charge in [-0.15, -0.1) is 0 Å². The van der Waals surface area contributed by atoms with E-state index < -0.39 is 36.2 Å². The number of fused-ring (bicyclic) bond motifs is 1. The van der Waals surface area contributed by atoms with Crippen molar-refractivity contribution in [3.05, 3.63) is 48.3 Å². The topological polar surface area (TPSA) is 132 Å². The molecule has 2 unspecified atom stereocenters. The number of hydrogen-bond donors (Lipinski definition) is 3. The number of amides is 3. The van der Waals surface area contributed by atoms with Gasteiger partial charge in [0, 0.05) is 29.2 Å². The molecule has 2 atom stereocenters. The average Bonchev–Trinajstić information content (AvgIpc) is 3.12. The zero-order valence-corrected chi connectivity index (χ0v) is 13.9. The average molecular weight is 351 g/mol. The summed E-state index contributed by atoms with van der Waals surface area (Å²) in [7, 11) is 0. The molecule has 8 heteroatoms. The van der Waals surface area contributed by atoms with E-state index in [2.05, 4.69) is 16.9 Å². The molecule has 1 aromatic carbocycles. The van der Waals surface area contributed by atoms with Crippen LogP contribution in [0.4, 0.5) is 4.79 Å². The molecular weight excluding hydrogens is 334 g/mol. The number of allylic oxidation sites excluding steroid dienone is 1. The molecular formula is C18H17N5O3.